The molecule has 100 valence electrons. The summed E-state index contributed by atoms with van der Waals surface area (Å²) >= 11 is 12.5. The molecule has 2 N–H and O–H groups in total. The van der Waals surface area contributed by atoms with Crippen molar-refractivity contribution in [1.29, 1.82) is 0 Å². The normalized spacial score (nSPS) is 12.6. The summed E-state index contributed by atoms with van der Waals surface area (Å²) in [6.45, 7) is 0. The first-order valence-electron chi connectivity index (χ1n) is 4.86. The SMILES string of the molecule is N/C(=N\S(=O)(=O)c1cc(Cl)sc1Cl)c1ccncc1. The van der Waals surface area contributed by atoms with Crippen molar-refractivity contribution in [3.63, 3.8) is 0 Å². The number of sulfonamides is 1. The van der Waals surface area contributed by atoms with Crippen LogP contribution in [0.3, 0.4) is 0 Å². The second-order valence-corrected chi connectivity index (χ2v) is 7.23. The van der Waals surface area contributed by atoms with E-state index in [1.807, 2.05) is 0 Å². The number of rotatable bonds is 3. The molecule has 0 aromatic carbocycles. The first-order chi connectivity index (χ1) is 8.90. The fraction of sp³-hybridized carbons (Fsp3) is 0. The van der Waals surface area contributed by atoms with E-state index >= 15 is 0 Å². The van der Waals surface area contributed by atoms with Gasteiger partial charge in [0, 0.05) is 18.0 Å². The highest BCUT2D eigenvalue weighted by Gasteiger charge is 2.21. The highest BCUT2D eigenvalue weighted by molar-refractivity contribution is 7.90. The molecule has 0 bridgehead atoms. The third-order valence-corrected chi connectivity index (χ3v) is 5.14. The number of pyridine rings is 1. The van der Waals surface area contributed by atoms with Crippen molar-refractivity contribution < 1.29 is 8.42 Å². The van der Waals surface area contributed by atoms with E-state index in [-0.39, 0.29) is 19.4 Å². The zero-order valence-electron chi connectivity index (χ0n) is 9.25. The maximum Gasteiger partial charge on any atom is 0.286 e. The maximum atomic E-state index is 12.0. The standard InChI is InChI=1S/C10H7Cl2N3O2S2/c11-8-5-7(9(12)18-8)19(16,17)15-10(13)6-1-3-14-4-2-6/h1-5H,(H2,13,15). The van der Waals surface area contributed by atoms with Gasteiger partial charge < -0.3 is 5.73 Å². The van der Waals surface area contributed by atoms with Crippen LogP contribution in [0.5, 0.6) is 0 Å². The van der Waals surface area contributed by atoms with Crippen molar-refractivity contribution >= 4 is 50.4 Å². The summed E-state index contributed by atoms with van der Waals surface area (Å²) in [6, 6.07) is 4.35. The smallest absolute Gasteiger partial charge is 0.286 e. The number of hydrogen-bond donors (Lipinski definition) is 1. The molecule has 0 amide bonds. The molecular formula is C10H7Cl2N3O2S2. The molecule has 5 nitrogen and oxygen atoms in total. The Balaban J connectivity index is 2.45. The summed E-state index contributed by atoms with van der Waals surface area (Å²) in [5.74, 6) is -0.138. The summed E-state index contributed by atoms with van der Waals surface area (Å²) in [6.07, 6.45) is 2.97. The molecule has 2 aromatic rings. The van der Waals surface area contributed by atoms with E-state index < -0.39 is 10.0 Å². The summed E-state index contributed by atoms with van der Waals surface area (Å²) in [5.41, 5.74) is 6.10. The molecule has 0 aliphatic rings. The zero-order valence-corrected chi connectivity index (χ0v) is 12.4. The first kappa shape index (κ1) is 14.3. The maximum absolute atomic E-state index is 12.0. The predicted molar refractivity (Wildman–Crippen MR) is 76.5 cm³/mol. The van der Waals surface area contributed by atoms with Crippen molar-refractivity contribution in [1.82, 2.24) is 4.98 Å². The van der Waals surface area contributed by atoms with Crippen molar-refractivity contribution in [3.05, 3.63) is 44.8 Å². The average Bonchev–Trinajstić information content (AvgIpc) is 2.70. The monoisotopic (exact) mass is 335 g/mol. The molecule has 9 heteroatoms. The Morgan fingerprint density at radius 3 is 2.47 bits per heavy atom. The van der Waals surface area contributed by atoms with Crippen molar-refractivity contribution in [2.75, 3.05) is 0 Å². The number of hydrogen-bond acceptors (Lipinski definition) is 4. The molecule has 0 atom stereocenters. The van der Waals surface area contributed by atoms with Gasteiger partial charge in [-0.1, -0.05) is 23.2 Å². The average molecular weight is 336 g/mol. The van der Waals surface area contributed by atoms with Gasteiger partial charge in [-0.3, -0.25) is 4.98 Å². The van der Waals surface area contributed by atoms with Gasteiger partial charge in [-0.2, -0.15) is 8.42 Å². The molecule has 0 saturated heterocycles. The molecule has 0 saturated carbocycles. The van der Waals surface area contributed by atoms with Crippen LogP contribution in [0.2, 0.25) is 8.67 Å². The van der Waals surface area contributed by atoms with Crippen LogP contribution < -0.4 is 5.73 Å². The molecule has 0 unspecified atom stereocenters. The van der Waals surface area contributed by atoms with E-state index in [2.05, 4.69) is 9.38 Å². The van der Waals surface area contributed by atoms with Gasteiger partial charge in [0.25, 0.3) is 10.0 Å². The number of thiophene rings is 1. The minimum Gasteiger partial charge on any atom is -0.383 e. The third kappa shape index (κ3) is 3.24. The van der Waals surface area contributed by atoms with Crippen LogP contribution in [-0.2, 0) is 10.0 Å². The number of nitrogens with zero attached hydrogens (tertiary/aromatic N) is 2. The van der Waals surface area contributed by atoms with Gasteiger partial charge in [-0.05, 0) is 18.2 Å². The van der Waals surface area contributed by atoms with E-state index in [9.17, 15) is 8.42 Å². The van der Waals surface area contributed by atoms with Crippen LogP contribution in [0.1, 0.15) is 5.56 Å². The van der Waals surface area contributed by atoms with Crippen LogP contribution in [0.4, 0.5) is 0 Å². The Labute approximate surface area is 123 Å². The van der Waals surface area contributed by atoms with Crippen molar-refractivity contribution in [2.45, 2.75) is 4.90 Å². The van der Waals surface area contributed by atoms with Crippen LogP contribution in [0.15, 0.2) is 39.9 Å². The van der Waals surface area contributed by atoms with E-state index in [0.29, 0.717) is 5.56 Å². The lowest BCUT2D eigenvalue weighted by Crippen LogP contribution is -2.16. The Bertz CT molecular complexity index is 726. The molecule has 2 heterocycles. The van der Waals surface area contributed by atoms with Gasteiger partial charge in [0.15, 0.2) is 0 Å². The number of halogens is 2. The fourth-order valence-electron chi connectivity index (χ4n) is 1.26. The summed E-state index contributed by atoms with van der Waals surface area (Å²) in [7, 11) is -3.98. The lowest BCUT2D eigenvalue weighted by molar-refractivity contribution is 0.598. The molecule has 19 heavy (non-hydrogen) atoms. The van der Waals surface area contributed by atoms with Crippen LogP contribution in [-0.4, -0.2) is 19.2 Å². The van der Waals surface area contributed by atoms with Gasteiger partial charge in [0.05, 0.1) is 4.34 Å². The molecule has 0 aliphatic carbocycles. The quantitative estimate of drug-likeness (QED) is 0.689. The number of amidine groups is 1. The van der Waals surface area contributed by atoms with E-state index in [4.69, 9.17) is 28.9 Å². The Hall–Kier alpha value is -1.15. The molecule has 0 fully saturated rings. The second kappa shape index (κ2) is 5.46. The van der Waals surface area contributed by atoms with Crippen molar-refractivity contribution in [3.8, 4) is 0 Å². The third-order valence-electron chi connectivity index (χ3n) is 2.10. The molecular weight excluding hydrogens is 329 g/mol. The van der Waals surface area contributed by atoms with E-state index in [1.165, 1.54) is 18.5 Å². The van der Waals surface area contributed by atoms with Gasteiger partial charge in [-0.25, -0.2) is 0 Å². The predicted octanol–water partition coefficient (Wildman–Crippen LogP) is 2.54. The molecule has 0 radical (unpaired) electrons. The van der Waals surface area contributed by atoms with Gasteiger partial charge in [-0.15, -0.1) is 15.7 Å². The van der Waals surface area contributed by atoms with E-state index in [0.717, 1.165) is 11.3 Å². The van der Waals surface area contributed by atoms with Gasteiger partial charge in [0.2, 0.25) is 0 Å². The zero-order chi connectivity index (χ0) is 14.0. The molecule has 0 spiro atoms. The number of aromatic nitrogens is 1. The first-order valence-corrected chi connectivity index (χ1v) is 7.87. The lowest BCUT2D eigenvalue weighted by atomic mass is 10.2. The Morgan fingerprint density at radius 2 is 1.95 bits per heavy atom. The Morgan fingerprint density at radius 1 is 1.32 bits per heavy atom. The lowest BCUT2D eigenvalue weighted by Gasteiger charge is -2.00. The highest BCUT2D eigenvalue weighted by atomic mass is 35.5. The summed E-state index contributed by atoms with van der Waals surface area (Å²) < 4.78 is 27.9. The van der Waals surface area contributed by atoms with Gasteiger partial charge in [0.1, 0.15) is 15.1 Å². The van der Waals surface area contributed by atoms with Crippen LogP contribution in [0.25, 0.3) is 0 Å². The van der Waals surface area contributed by atoms with E-state index in [1.54, 1.807) is 12.1 Å². The summed E-state index contributed by atoms with van der Waals surface area (Å²) in [4.78, 5) is 3.65. The molecule has 2 aromatic heterocycles. The molecule has 2 rings (SSSR count). The largest absolute Gasteiger partial charge is 0.383 e. The summed E-state index contributed by atoms with van der Waals surface area (Å²) in [5, 5.41) is 0. The minimum atomic E-state index is -3.98. The van der Waals surface area contributed by atoms with Gasteiger partial charge >= 0.3 is 0 Å². The Kier molecular flexibility index (Phi) is 4.10. The number of nitrogens with two attached hydrogens (primary N) is 1. The minimum absolute atomic E-state index is 0.0521. The molecule has 0 aliphatic heterocycles. The second-order valence-electron chi connectivity index (χ2n) is 3.38. The van der Waals surface area contributed by atoms with Crippen molar-refractivity contribution in [2.24, 2.45) is 10.1 Å². The fourth-order valence-corrected chi connectivity index (χ4v) is 4.33. The topological polar surface area (TPSA) is 85.4 Å². The van der Waals surface area contributed by atoms with Crippen LogP contribution >= 0.6 is 34.5 Å². The van der Waals surface area contributed by atoms with Crippen LogP contribution in [0, 0.1) is 0 Å². The highest BCUT2D eigenvalue weighted by Crippen LogP contribution is 2.35.